The van der Waals surface area contributed by atoms with Gasteiger partial charge in [0.15, 0.2) is 0 Å². The largest absolute Gasteiger partial charge is 0.396 e. The van der Waals surface area contributed by atoms with Crippen molar-refractivity contribution in [1.29, 1.82) is 0 Å². The molecule has 17 heavy (non-hydrogen) atoms. The summed E-state index contributed by atoms with van der Waals surface area (Å²) in [6.45, 7) is 7.13. The molecule has 4 heteroatoms. The van der Waals surface area contributed by atoms with Gasteiger partial charge in [-0.15, -0.1) is 0 Å². The molecule has 0 aromatic carbocycles. The highest BCUT2D eigenvalue weighted by molar-refractivity contribution is 4.87. The maximum atomic E-state index is 9.17. The summed E-state index contributed by atoms with van der Waals surface area (Å²) in [5.74, 6) is 0.526. The number of aliphatic hydroxyl groups is 1. The Labute approximate surface area is 105 Å². The average Bonchev–Trinajstić information content (AvgIpc) is 2.97. The van der Waals surface area contributed by atoms with Gasteiger partial charge < -0.3 is 14.7 Å². The molecule has 2 saturated heterocycles. The summed E-state index contributed by atoms with van der Waals surface area (Å²) in [7, 11) is 1.77. The van der Waals surface area contributed by atoms with Crippen molar-refractivity contribution in [2.45, 2.75) is 25.3 Å². The molecule has 0 amide bonds. The van der Waals surface area contributed by atoms with E-state index < -0.39 is 0 Å². The van der Waals surface area contributed by atoms with Crippen LogP contribution in [0.4, 0.5) is 0 Å². The third kappa shape index (κ3) is 3.65. The van der Waals surface area contributed by atoms with Crippen molar-refractivity contribution < 1.29 is 9.84 Å². The lowest BCUT2D eigenvalue weighted by molar-refractivity contribution is 0.171. The zero-order valence-corrected chi connectivity index (χ0v) is 11.0. The van der Waals surface area contributed by atoms with E-state index >= 15 is 0 Å². The van der Waals surface area contributed by atoms with E-state index in [4.69, 9.17) is 4.74 Å². The number of methoxy groups -OCH3 is 1. The van der Waals surface area contributed by atoms with Crippen LogP contribution in [0.5, 0.6) is 0 Å². The second kappa shape index (κ2) is 6.69. The van der Waals surface area contributed by atoms with Gasteiger partial charge in [0, 0.05) is 46.0 Å². The Bertz CT molecular complexity index is 225. The molecule has 0 radical (unpaired) electrons. The fraction of sp³-hybridized carbons (Fsp3) is 1.00. The molecule has 2 heterocycles. The maximum absolute atomic E-state index is 9.17. The summed E-state index contributed by atoms with van der Waals surface area (Å²) in [6, 6.07) is 0.731. The van der Waals surface area contributed by atoms with Crippen LogP contribution >= 0.6 is 0 Å². The van der Waals surface area contributed by atoms with E-state index in [9.17, 15) is 5.11 Å². The van der Waals surface area contributed by atoms with E-state index in [1.165, 1.54) is 39.0 Å². The first kappa shape index (κ1) is 13.3. The van der Waals surface area contributed by atoms with Crippen molar-refractivity contribution >= 4 is 0 Å². The summed E-state index contributed by atoms with van der Waals surface area (Å²) in [5.41, 5.74) is 0. The SMILES string of the molecule is COCCCN1CCC(N2CCC(CO)C2)C1. The topological polar surface area (TPSA) is 35.9 Å². The van der Waals surface area contributed by atoms with Crippen molar-refractivity contribution in [2.24, 2.45) is 5.92 Å². The van der Waals surface area contributed by atoms with Crippen LogP contribution in [0.2, 0.25) is 0 Å². The monoisotopic (exact) mass is 242 g/mol. The molecule has 0 spiro atoms. The quantitative estimate of drug-likeness (QED) is 0.685. The summed E-state index contributed by atoms with van der Waals surface area (Å²) in [6.07, 6.45) is 3.62. The predicted octanol–water partition coefficient (Wildman–Crippen LogP) is 0.411. The molecule has 2 aliphatic rings. The molecular formula is C13H26N2O2. The number of rotatable bonds is 6. The number of likely N-dealkylation sites (tertiary alicyclic amines) is 2. The fourth-order valence-corrected chi connectivity index (χ4v) is 3.09. The Kier molecular flexibility index (Phi) is 5.22. The lowest BCUT2D eigenvalue weighted by atomic mass is 10.1. The minimum absolute atomic E-state index is 0.362. The number of aliphatic hydroxyl groups excluding tert-OH is 1. The molecule has 1 N–H and O–H groups in total. The van der Waals surface area contributed by atoms with E-state index in [1.807, 2.05) is 0 Å². The van der Waals surface area contributed by atoms with E-state index in [0.717, 1.165) is 25.6 Å². The first-order chi connectivity index (χ1) is 8.33. The lowest BCUT2D eigenvalue weighted by Gasteiger charge is -2.24. The lowest BCUT2D eigenvalue weighted by Crippen LogP contribution is -2.36. The predicted molar refractivity (Wildman–Crippen MR) is 68.1 cm³/mol. The fourth-order valence-electron chi connectivity index (χ4n) is 3.09. The van der Waals surface area contributed by atoms with Crippen LogP contribution in [-0.4, -0.2) is 74.0 Å². The van der Waals surface area contributed by atoms with Crippen LogP contribution < -0.4 is 0 Å². The molecule has 100 valence electrons. The maximum Gasteiger partial charge on any atom is 0.0474 e. The van der Waals surface area contributed by atoms with E-state index in [0.29, 0.717) is 12.5 Å². The molecule has 2 fully saturated rings. The molecule has 0 aromatic rings. The van der Waals surface area contributed by atoms with Gasteiger partial charge in [0.1, 0.15) is 0 Å². The van der Waals surface area contributed by atoms with Gasteiger partial charge in [-0.2, -0.15) is 0 Å². The normalized spacial score (nSPS) is 31.4. The standard InChI is InChI=1S/C13H26N2O2/c1-17-8-2-5-14-6-4-13(10-14)15-7-3-12(9-15)11-16/h12-13,16H,2-11H2,1H3. The van der Waals surface area contributed by atoms with Gasteiger partial charge in [-0.1, -0.05) is 0 Å². The first-order valence-electron chi connectivity index (χ1n) is 6.89. The van der Waals surface area contributed by atoms with Gasteiger partial charge in [-0.05, 0) is 38.3 Å². The van der Waals surface area contributed by atoms with Crippen molar-refractivity contribution in [2.75, 3.05) is 53.0 Å². The second-order valence-electron chi connectivity index (χ2n) is 5.42. The Morgan fingerprint density at radius 3 is 2.82 bits per heavy atom. The van der Waals surface area contributed by atoms with Crippen LogP contribution in [0.15, 0.2) is 0 Å². The second-order valence-corrected chi connectivity index (χ2v) is 5.42. The third-order valence-electron chi connectivity index (χ3n) is 4.16. The van der Waals surface area contributed by atoms with Gasteiger partial charge in [0.2, 0.25) is 0 Å². The van der Waals surface area contributed by atoms with Crippen molar-refractivity contribution in [3.05, 3.63) is 0 Å². The summed E-state index contributed by atoms with van der Waals surface area (Å²) in [4.78, 5) is 5.13. The van der Waals surface area contributed by atoms with Crippen LogP contribution in [0.25, 0.3) is 0 Å². The molecular weight excluding hydrogens is 216 g/mol. The van der Waals surface area contributed by atoms with Crippen molar-refractivity contribution in [3.63, 3.8) is 0 Å². The summed E-state index contributed by atoms with van der Waals surface area (Å²) < 4.78 is 5.09. The number of hydrogen-bond acceptors (Lipinski definition) is 4. The highest BCUT2D eigenvalue weighted by Gasteiger charge is 2.32. The summed E-state index contributed by atoms with van der Waals surface area (Å²) >= 11 is 0. The molecule has 0 bridgehead atoms. The Morgan fingerprint density at radius 2 is 2.12 bits per heavy atom. The average molecular weight is 242 g/mol. The van der Waals surface area contributed by atoms with Gasteiger partial charge in [0.05, 0.1) is 0 Å². The van der Waals surface area contributed by atoms with Gasteiger partial charge in [0.25, 0.3) is 0 Å². The molecule has 0 saturated carbocycles. The van der Waals surface area contributed by atoms with Crippen LogP contribution in [0, 0.1) is 5.92 Å². The smallest absolute Gasteiger partial charge is 0.0474 e. The van der Waals surface area contributed by atoms with E-state index in [2.05, 4.69) is 9.80 Å². The molecule has 2 aliphatic heterocycles. The highest BCUT2D eigenvalue weighted by atomic mass is 16.5. The number of nitrogens with zero attached hydrogens (tertiary/aromatic N) is 2. The highest BCUT2D eigenvalue weighted by Crippen LogP contribution is 2.23. The molecule has 2 atom stereocenters. The minimum atomic E-state index is 0.362. The molecule has 4 nitrogen and oxygen atoms in total. The number of hydrogen-bond donors (Lipinski definition) is 1. The zero-order chi connectivity index (χ0) is 12.1. The Hall–Kier alpha value is -0.160. The molecule has 2 unspecified atom stereocenters. The van der Waals surface area contributed by atoms with Crippen molar-refractivity contribution in [3.8, 4) is 0 Å². The molecule has 2 rings (SSSR count). The van der Waals surface area contributed by atoms with Crippen molar-refractivity contribution in [1.82, 2.24) is 9.80 Å². The molecule has 0 aromatic heterocycles. The van der Waals surface area contributed by atoms with Crippen LogP contribution in [0.1, 0.15) is 19.3 Å². The first-order valence-corrected chi connectivity index (χ1v) is 6.89. The summed E-state index contributed by atoms with van der Waals surface area (Å²) in [5, 5.41) is 9.17. The zero-order valence-electron chi connectivity index (χ0n) is 11.0. The molecule has 0 aliphatic carbocycles. The van der Waals surface area contributed by atoms with E-state index in [-0.39, 0.29) is 0 Å². The van der Waals surface area contributed by atoms with Gasteiger partial charge in [-0.25, -0.2) is 0 Å². The Morgan fingerprint density at radius 1 is 1.24 bits per heavy atom. The Balaban J connectivity index is 1.67. The third-order valence-corrected chi connectivity index (χ3v) is 4.16. The number of ether oxygens (including phenoxy) is 1. The van der Waals surface area contributed by atoms with E-state index in [1.54, 1.807) is 7.11 Å². The van der Waals surface area contributed by atoms with Crippen LogP contribution in [-0.2, 0) is 4.74 Å². The van der Waals surface area contributed by atoms with Gasteiger partial charge in [-0.3, -0.25) is 4.90 Å². The minimum Gasteiger partial charge on any atom is -0.396 e. The van der Waals surface area contributed by atoms with Gasteiger partial charge >= 0.3 is 0 Å². The van der Waals surface area contributed by atoms with Crippen LogP contribution in [0.3, 0.4) is 0 Å².